The summed E-state index contributed by atoms with van der Waals surface area (Å²) in [7, 11) is 0. The first-order valence-electron chi connectivity index (χ1n) is 4.58. The maximum atomic E-state index is 11.5. The molecule has 0 N–H and O–H groups in total. The minimum Gasteiger partial charge on any atom is -0.295 e. The Hall–Kier alpha value is -1.29. The van der Waals surface area contributed by atoms with Gasteiger partial charge in [0.1, 0.15) is 0 Å². The zero-order chi connectivity index (χ0) is 9.68. The van der Waals surface area contributed by atoms with Gasteiger partial charge < -0.3 is 0 Å². The molecular formula is C12H14O. The van der Waals surface area contributed by atoms with Crippen molar-refractivity contribution < 1.29 is 4.79 Å². The lowest BCUT2D eigenvalue weighted by Gasteiger charge is -2.14. The number of Topliss-reactive ketones (excluding diaryl/α,β-unsaturated/α-hetero) is 1. The number of ketones is 1. The molecule has 0 heterocycles. The van der Waals surface area contributed by atoms with Crippen molar-refractivity contribution in [2.45, 2.75) is 32.6 Å². The number of hydrogen-bond donors (Lipinski definition) is 0. The van der Waals surface area contributed by atoms with E-state index in [1.165, 1.54) is 5.57 Å². The fraction of sp³-hybridized carbons (Fsp3) is 0.417. The molecule has 0 fully saturated rings. The number of carbonyl (C=O) groups excluding carboxylic acids is 1. The van der Waals surface area contributed by atoms with E-state index >= 15 is 0 Å². The molecular weight excluding hydrogens is 160 g/mol. The molecule has 0 spiro atoms. The number of hydrogen-bond acceptors (Lipinski definition) is 1. The minimum atomic E-state index is 0.297. The van der Waals surface area contributed by atoms with Gasteiger partial charge in [-0.3, -0.25) is 4.79 Å². The van der Waals surface area contributed by atoms with Gasteiger partial charge in [0.15, 0.2) is 5.78 Å². The summed E-state index contributed by atoms with van der Waals surface area (Å²) in [4.78, 5) is 11.5. The maximum absolute atomic E-state index is 11.5. The predicted octanol–water partition coefficient (Wildman–Crippen LogP) is 2.64. The molecule has 13 heavy (non-hydrogen) atoms. The highest BCUT2D eigenvalue weighted by Crippen LogP contribution is 2.23. The Bertz CT molecular complexity index is 300. The van der Waals surface area contributed by atoms with Gasteiger partial charge in [0.05, 0.1) is 0 Å². The van der Waals surface area contributed by atoms with Gasteiger partial charge in [0.2, 0.25) is 0 Å². The molecule has 1 aliphatic carbocycles. The number of rotatable bonds is 2. The first-order valence-corrected chi connectivity index (χ1v) is 4.58. The van der Waals surface area contributed by atoms with E-state index in [2.05, 4.69) is 5.92 Å². The molecule has 0 aromatic carbocycles. The van der Waals surface area contributed by atoms with Gasteiger partial charge in [0, 0.05) is 6.42 Å². The normalized spacial score (nSPS) is 18.0. The third-order valence-corrected chi connectivity index (χ3v) is 2.34. The van der Waals surface area contributed by atoms with E-state index < -0.39 is 0 Å². The monoisotopic (exact) mass is 174 g/mol. The quantitative estimate of drug-likeness (QED) is 0.588. The van der Waals surface area contributed by atoms with Gasteiger partial charge in [-0.25, -0.2) is 0 Å². The van der Waals surface area contributed by atoms with Crippen LogP contribution in [0.5, 0.6) is 0 Å². The molecule has 1 rings (SSSR count). The Morgan fingerprint density at radius 3 is 2.92 bits per heavy atom. The Morgan fingerprint density at radius 1 is 1.54 bits per heavy atom. The van der Waals surface area contributed by atoms with E-state index in [0.717, 1.165) is 18.4 Å². The SMILES string of the molecule is C#C/C=C/CC1=C(C)CCCC1=O. The van der Waals surface area contributed by atoms with Crippen molar-refractivity contribution >= 4 is 5.78 Å². The summed E-state index contributed by atoms with van der Waals surface area (Å²) in [5.74, 6) is 2.72. The van der Waals surface area contributed by atoms with Crippen molar-refractivity contribution in [3.63, 3.8) is 0 Å². The van der Waals surface area contributed by atoms with Crippen molar-refractivity contribution in [1.29, 1.82) is 0 Å². The molecule has 0 bridgehead atoms. The van der Waals surface area contributed by atoms with E-state index in [1.54, 1.807) is 6.08 Å². The zero-order valence-corrected chi connectivity index (χ0v) is 7.97. The van der Waals surface area contributed by atoms with E-state index in [4.69, 9.17) is 6.42 Å². The molecule has 1 aliphatic rings. The van der Waals surface area contributed by atoms with Gasteiger partial charge in [-0.1, -0.05) is 17.6 Å². The Balaban J connectivity index is 2.70. The Morgan fingerprint density at radius 2 is 2.31 bits per heavy atom. The molecule has 0 radical (unpaired) electrons. The first-order chi connectivity index (χ1) is 6.25. The van der Waals surface area contributed by atoms with E-state index in [-0.39, 0.29) is 0 Å². The van der Waals surface area contributed by atoms with Gasteiger partial charge in [-0.2, -0.15) is 0 Å². The lowest BCUT2D eigenvalue weighted by atomic mass is 9.90. The average Bonchev–Trinajstić information content (AvgIpc) is 2.10. The molecule has 1 nitrogen and oxygen atoms in total. The smallest absolute Gasteiger partial charge is 0.159 e. The standard InChI is InChI=1S/C12H14O/c1-3-4-5-8-11-10(2)7-6-9-12(11)13/h1,4-5H,6-9H2,2H3/b5-4+. The van der Waals surface area contributed by atoms with Crippen LogP contribution in [-0.2, 0) is 4.79 Å². The third-order valence-electron chi connectivity index (χ3n) is 2.34. The molecule has 68 valence electrons. The van der Waals surface area contributed by atoms with Gasteiger partial charge in [-0.15, -0.1) is 6.42 Å². The summed E-state index contributed by atoms with van der Waals surface area (Å²) in [6, 6.07) is 0. The lowest BCUT2D eigenvalue weighted by molar-refractivity contribution is -0.116. The second-order valence-electron chi connectivity index (χ2n) is 3.31. The van der Waals surface area contributed by atoms with Crippen molar-refractivity contribution in [3.05, 3.63) is 23.3 Å². The highest BCUT2D eigenvalue weighted by Gasteiger charge is 2.15. The van der Waals surface area contributed by atoms with Gasteiger partial charge in [0.25, 0.3) is 0 Å². The van der Waals surface area contributed by atoms with Gasteiger partial charge in [-0.05, 0) is 37.8 Å². The van der Waals surface area contributed by atoms with Crippen LogP contribution in [0, 0.1) is 12.3 Å². The molecule has 0 atom stereocenters. The summed E-state index contributed by atoms with van der Waals surface area (Å²) in [5.41, 5.74) is 2.20. The summed E-state index contributed by atoms with van der Waals surface area (Å²) < 4.78 is 0. The molecule has 0 aromatic rings. The van der Waals surface area contributed by atoms with Crippen LogP contribution in [0.2, 0.25) is 0 Å². The second kappa shape index (κ2) is 4.67. The highest BCUT2D eigenvalue weighted by atomic mass is 16.1. The molecule has 1 heteroatoms. The van der Waals surface area contributed by atoms with Crippen molar-refractivity contribution in [2.24, 2.45) is 0 Å². The fourth-order valence-electron chi connectivity index (χ4n) is 1.59. The Kier molecular flexibility index (Phi) is 3.52. The van der Waals surface area contributed by atoms with Crippen LogP contribution in [0.1, 0.15) is 32.6 Å². The maximum Gasteiger partial charge on any atom is 0.159 e. The molecule has 0 amide bonds. The van der Waals surface area contributed by atoms with Crippen molar-refractivity contribution in [1.82, 2.24) is 0 Å². The van der Waals surface area contributed by atoms with Crippen LogP contribution in [0.4, 0.5) is 0 Å². The average molecular weight is 174 g/mol. The first kappa shape index (κ1) is 9.80. The molecule has 0 aromatic heterocycles. The molecule has 0 aliphatic heterocycles. The minimum absolute atomic E-state index is 0.297. The lowest BCUT2D eigenvalue weighted by Crippen LogP contribution is -2.09. The van der Waals surface area contributed by atoms with Crippen LogP contribution in [0.25, 0.3) is 0 Å². The van der Waals surface area contributed by atoms with Crippen LogP contribution in [0.3, 0.4) is 0 Å². The topological polar surface area (TPSA) is 17.1 Å². The highest BCUT2D eigenvalue weighted by molar-refractivity contribution is 5.97. The molecule has 0 saturated heterocycles. The fourth-order valence-corrected chi connectivity index (χ4v) is 1.59. The summed E-state index contributed by atoms with van der Waals surface area (Å²) >= 11 is 0. The Labute approximate surface area is 79.5 Å². The van der Waals surface area contributed by atoms with Crippen molar-refractivity contribution in [3.8, 4) is 12.3 Å². The molecule has 0 unspecified atom stereocenters. The second-order valence-corrected chi connectivity index (χ2v) is 3.31. The van der Waals surface area contributed by atoms with E-state index in [1.807, 2.05) is 13.0 Å². The van der Waals surface area contributed by atoms with Crippen LogP contribution in [-0.4, -0.2) is 5.78 Å². The van der Waals surface area contributed by atoms with E-state index in [9.17, 15) is 4.79 Å². The summed E-state index contributed by atoms with van der Waals surface area (Å²) in [6.45, 7) is 2.04. The number of carbonyl (C=O) groups is 1. The zero-order valence-electron chi connectivity index (χ0n) is 7.97. The summed E-state index contributed by atoms with van der Waals surface area (Å²) in [6.07, 6.45) is 12.1. The van der Waals surface area contributed by atoms with Crippen LogP contribution in [0.15, 0.2) is 23.3 Å². The molecule has 0 saturated carbocycles. The predicted molar refractivity (Wildman–Crippen MR) is 54.1 cm³/mol. The largest absolute Gasteiger partial charge is 0.295 e. The van der Waals surface area contributed by atoms with Crippen LogP contribution < -0.4 is 0 Å². The van der Waals surface area contributed by atoms with E-state index in [0.29, 0.717) is 18.6 Å². The van der Waals surface area contributed by atoms with Crippen LogP contribution >= 0.6 is 0 Å². The summed E-state index contributed by atoms with van der Waals surface area (Å²) in [5, 5.41) is 0. The third kappa shape index (κ3) is 2.59. The van der Waals surface area contributed by atoms with Gasteiger partial charge >= 0.3 is 0 Å². The van der Waals surface area contributed by atoms with Crippen molar-refractivity contribution in [2.75, 3.05) is 0 Å². The number of allylic oxidation sites excluding steroid dienone is 4. The number of terminal acetylenes is 1.